The van der Waals surface area contributed by atoms with E-state index < -0.39 is 0 Å². The van der Waals surface area contributed by atoms with E-state index in [9.17, 15) is 0 Å². The summed E-state index contributed by atoms with van der Waals surface area (Å²) in [7, 11) is 2.23. The van der Waals surface area contributed by atoms with E-state index in [2.05, 4.69) is 18.9 Å². The van der Waals surface area contributed by atoms with Crippen molar-refractivity contribution < 1.29 is 4.74 Å². The first-order chi connectivity index (χ1) is 9.83. The van der Waals surface area contributed by atoms with Gasteiger partial charge >= 0.3 is 0 Å². The highest BCUT2D eigenvalue weighted by Crippen LogP contribution is 2.19. The monoisotopic (exact) mass is 283 g/mol. The maximum Gasteiger partial charge on any atom is 0.0468 e. The number of rotatable bonds is 12. The first-order valence-corrected chi connectivity index (χ1v) is 9.09. The summed E-state index contributed by atoms with van der Waals surface area (Å²) in [6.07, 6.45) is 15.1. The molecule has 0 aromatic carbocycles. The molecule has 1 rings (SSSR count). The number of piperidine rings is 1. The van der Waals surface area contributed by atoms with E-state index >= 15 is 0 Å². The molecule has 0 bridgehead atoms. The van der Waals surface area contributed by atoms with Crippen molar-refractivity contribution in [2.24, 2.45) is 5.92 Å². The molecular weight excluding hydrogens is 246 g/mol. The number of unbranched alkanes of at least 4 members (excludes halogenated alkanes) is 7. The molecule has 120 valence electrons. The summed E-state index contributed by atoms with van der Waals surface area (Å²) >= 11 is 0. The molecule has 1 fully saturated rings. The molecule has 0 aliphatic carbocycles. The fourth-order valence-corrected chi connectivity index (χ4v) is 3.04. The second-order valence-corrected chi connectivity index (χ2v) is 6.62. The maximum absolute atomic E-state index is 5.79. The van der Waals surface area contributed by atoms with Crippen molar-refractivity contribution in [2.75, 3.05) is 33.4 Å². The zero-order valence-corrected chi connectivity index (χ0v) is 14.0. The molecule has 0 unspecified atom stereocenters. The van der Waals surface area contributed by atoms with Crippen molar-refractivity contribution in [1.29, 1.82) is 0 Å². The van der Waals surface area contributed by atoms with Crippen LogP contribution in [0.2, 0.25) is 0 Å². The third-order valence-corrected chi connectivity index (χ3v) is 4.65. The molecule has 0 spiro atoms. The minimum Gasteiger partial charge on any atom is -0.381 e. The molecule has 1 heterocycles. The third-order valence-electron chi connectivity index (χ3n) is 4.65. The molecule has 0 aromatic rings. The van der Waals surface area contributed by atoms with Crippen LogP contribution in [0.5, 0.6) is 0 Å². The lowest BCUT2D eigenvalue weighted by molar-refractivity contribution is 0.103. The molecule has 0 N–H and O–H groups in total. The Morgan fingerprint density at radius 1 is 0.850 bits per heavy atom. The highest BCUT2D eigenvalue weighted by atomic mass is 16.5. The van der Waals surface area contributed by atoms with E-state index in [1.807, 2.05) is 0 Å². The molecule has 2 heteroatoms. The van der Waals surface area contributed by atoms with E-state index in [1.54, 1.807) is 0 Å². The van der Waals surface area contributed by atoms with Crippen molar-refractivity contribution in [3.8, 4) is 0 Å². The summed E-state index contributed by atoms with van der Waals surface area (Å²) in [5.41, 5.74) is 0. The average molecular weight is 284 g/mol. The lowest BCUT2D eigenvalue weighted by Gasteiger charge is -2.28. The van der Waals surface area contributed by atoms with Gasteiger partial charge < -0.3 is 9.64 Å². The summed E-state index contributed by atoms with van der Waals surface area (Å²) < 4.78 is 5.79. The number of hydrogen-bond donors (Lipinski definition) is 0. The Hall–Kier alpha value is -0.0800. The second kappa shape index (κ2) is 12.6. The van der Waals surface area contributed by atoms with Crippen LogP contribution in [0.4, 0.5) is 0 Å². The Balaban J connectivity index is 1.74. The Labute approximate surface area is 127 Å². The zero-order chi connectivity index (χ0) is 14.5. The Morgan fingerprint density at radius 2 is 1.45 bits per heavy atom. The van der Waals surface area contributed by atoms with Crippen molar-refractivity contribution in [2.45, 2.75) is 77.6 Å². The second-order valence-electron chi connectivity index (χ2n) is 6.62. The quantitative estimate of drug-likeness (QED) is 0.473. The lowest BCUT2D eigenvalue weighted by Crippen LogP contribution is -2.30. The Morgan fingerprint density at radius 3 is 2.10 bits per heavy atom. The highest BCUT2D eigenvalue weighted by molar-refractivity contribution is 4.69. The highest BCUT2D eigenvalue weighted by Gasteiger charge is 2.15. The molecule has 0 radical (unpaired) electrons. The minimum atomic E-state index is 0.921. The van der Waals surface area contributed by atoms with Crippen LogP contribution in [0.3, 0.4) is 0 Å². The van der Waals surface area contributed by atoms with Crippen LogP contribution >= 0.6 is 0 Å². The zero-order valence-electron chi connectivity index (χ0n) is 14.0. The normalized spacial score (nSPS) is 17.7. The van der Waals surface area contributed by atoms with Gasteiger partial charge in [0.05, 0.1) is 0 Å². The van der Waals surface area contributed by atoms with Crippen LogP contribution in [-0.2, 0) is 4.74 Å². The molecule has 1 aliphatic heterocycles. The van der Waals surface area contributed by atoms with Gasteiger partial charge in [-0.05, 0) is 51.7 Å². The lowest BCUT2D eigenvalue weighted by atomic mass is 9.94. The summed E-state index contributed by atoms with van der Waals surface area (Å²) in [4.78, 5) is 2.44. The molecule has 1 aliphatic rings. The molecule has 20 heavy (non-hydrogen) atoms. The van der Waals surface area contributed by atoms with Crippen molar-refractivity contribution >= 4 is 0 Å². The first kappa shape index (κ1) is 18.0. The minimum absolute atomic E-state index is 0.921. The smallest absolute Gasteiger partial charge is 0.0468 e. The standard InChI is InChI=1S/C18H37NO/c1-3-4-5-6-7-8-9-10-16-20-17-13-18-11-14-19(2)15-12-18/h18H,3-17H2,1-2H3. The number of ether oxygens (including phenoxy) is 1. The molecule has 0 saturated carbocycles. The fraction of sp³-hybridized carbons (Fsp3) is 1.00. The molecule has 1 saturated heterocycles. The van der Waals surface area contributed by atoms with Gasteiger partial charge in [-0.15, -0.1) is 0 Å². The van der Waals surface area contributed by atoms with Gasteiger partial charge in [-0.2, -0.15) is 0 Å². The molecule has 2 nitrogen and oxygen atoms in total. The predicted molar refractivity (Wildman–Crippen MR) is 88.3 cm³/mol. The van der Waals surface area contributed by atoms with Crippen LogP contribution in [0.25, 0.3) is 0 Å². The van der Waals surface area contributed by atoms with E-state index in [1.165, 1.54) is 83.7 Å². The van der Waals surface area contributed by atoms with Gasteiger partial charge in [0.2, 0.25) is 0 Å². The topological polar surface area (TPSA) is 12.5 Å². The van der Waals surface area contributed by atoms with E-state index in [4.69, 9.17) is 4.74 Å². The van der Waals surface area contributed by atoms with Crippen LogP contribution in [-0.4, -0.2) is 38.3 Å². The third kappa shape index (κ3) is 9.77. The van der Waals surface area contributed by atoms with Gasteiger partial charge in [0.15, 0.2) is 0 Å². The Kier molecular flexibility index (Phi) is 11.4. The van der Waals surface area contributed by atoms with E-state index in [0.717, 1.165) is 19.1 Å². The van der Waals surface area contributed by atoms with Gasteiger partial charge in [0.25, 0.3) is 0 Å². The van der Waals surface area contributed by atoms with Crippen LogP contribution in [0, 0.1) is 5.92 Å². The summed E-state index contributed by atoms with van der Waals surface area (Å²) in [6.45, 7) is 6.82. The van der Waals surface area contributed by atoms with Gasteiger partial charge in [-0.25, -0.2) is 0 Å². The van der Waals surface area contributed by atoms with Crippen molar-refractivity contribution in [1.82, 2.24) is 4.90 Å². The predicted octanol–water partition coefficient (Wildman–Crippen LogP) is 4.88. The SMILES string of the molecule is CCCCCCCCCCOCCC1CCN(C)CC1. The maximum atomic E-state index is 5.79. The van der Waals surface area contributed by atoms with Gasteiger partial charge in [0.1, 0.15) is 0 Å². The molecular formula is C18H37NO. The van der Waals surface area contributed by atoms with Crippen LogP contribution in [0.1, 0.15) is 77.6 Å². The van der Waals surface area contributed by atoms with Gasteiger partial charge in [-0.3, -0.25) is 0 Å². The van der Waals surface area contributed by atoms with Gasteiger partial charge in [-0.1, -0.05) is 51.9 Å². The largest absolute Gasteiger partial charge is 0.381 e. The summed E-state index contributed by atoms with van der Waals surface area (Å²) in [6, 6.07) is 0. The Bertz CT molecular complexity index is 200. The fourth-order valence-electron chi connectivity index (χ4n) is 3.04. The van der Waals surface area contributed by atoms with Crippen LogP contribution in [0.15, 0.2) is 0 Å². The van der Waals surface area contributed by atoms with E-state index in [0.29, 0.717) is 0 Å². The number of likely N-dealkylation sites (tertiary alicyclic amines) is 1. The summed E-state index contributed by atoms with van der Waals surface area (Å²) in [5.74, 6) is 0.921. The average Bonchev–Trinajstić information content (AvgIpc) is 2.47. The van der Waals surface area contributed by atoms with E-state index in [-0.39, 0.29) is 0 Å². The van der Waals surface area contributed by atoms with Crippen LogP contribution < -0.4 is 0 Å². The molecule has 0 amide bonds. The number of nitrogens with zero attached hydrogens (tertiary/aromatic N) is 1. The molecule has 0 aromatic heterocycles. The first-order valence-electron chi connectivity index (χ1n) is 9.09. The van der Waals surface area contributed by atoms with Crippen molar-refractivity contribution in [3.05, 3.63) is 0 Å². The van der Waals surface area contributed by atoms with Crippen molar-refractivity contribution in [3.63, 3.8) is 0 Å². The summed E-state index contributed by atoms with van der Waals surface area (Å²) in [5, 5.41) is 0. The molecule has 0 atom stereocenters. The van der Waals surface area contributed by atoms with Gasteiger partial charge in [0, 0.05) is 13.2 Å². The number of hydrogen-bond acceptors (Lipinski definition) is 2.